The zero-order chi connectivity index (χ0) is 13.6. The van der Waals surface area contributed by atoms with Crippen molar-refractivity contribution in [2.24, 2.45) is 5.92 Å². The van der Waals surface area contributed by atoms with Gasteiger partial charge in [0.2, 0.25) is 0 Å². The van der Waals surface area contributed by atoms with Crippen LogP contribution in [0.2, 0.25) is 0 Å². The quantitative estimate of drug-likeness (QED) is 0.387. The predicted molar refractivity (Wildman–Crippen MR) is 82.2 cm³/mol. The molecule has 0 aromatic heterocycles. The number of carbonyl (C=O) groups is 1. The number of hydrogen-bond acceptors (Lipinski definition) is 4. The standard InChI is InChI=1S/C14H22O2S2/c1-5-7-17-10-11-9-12(16-13(11)15)14(3,4)18-8-6-2/h5-6,11-12H,1-2,7-10H2,3-4H3. The molecule has 2 atom stereocenters. The molecule has 4 heteroatoms. The SMILES string of the molecule is C=CCSCC1CC(C(C)(C)SCC=C)OC1=O. The normalized spacial score (nSPS) is 23.8. The fraction of sp³-hybridized carbons (Fsp3) is 0.643. The minimum Gasteiger partial charge on any atom is -0.461 e. The van der Waals surface area contributed by atoms with Gasteiger partial charge in [-0.25, -0.2) is 0 Å². The molecule has 0 spiro atoms. The monoisotopic (exact) mass is 286 g/mol. The number of esters is 1. The minimum atomic E-state index is -0.0400. The lowest BCUT2D eigenvalue weighted by Crippen LogP contribution is -2.33. The maximum Gasteiger partial charge on any atom is 0.310 e. The molecule has 0 aliphatic carbocycles. The summed E-state index contributed by atoms with van der Waals surface area (Å²) in [5.74, 6) is 2.62. The molecule has 2 nitrogen and oxygen atoms in total. The molecule has 0 amide bonds. The van der Waals surface area contributed by atoms with E-state index in [4.69, 9.17) is 4.74 Å². The first-order valence-corrected chi connectivity index (χ1v) is 8.29. The molecular formula is C14H22O2S2. The predicted octanol–water partition coefficient (Wildman–Crippen LogP) is 3.54. The van der Waals surface area contributed by atoms with E-state index in [1.165, 1.54) is 0 Å². The van der Waals surface area contributed by atoms with Crippen molar-refractivity contribution in [2.45, 2.75) is 31.1 Å². The van der Waals surface area contributed by atoms with E-state index >= 15 is 0 Å². The number of ether oxygens (including phenoxy) is 1. The van der Waals surface area contributed by atoms with E-state index in [9.17, 15) is 4.79 Å². The maximum atomic E-state index is 11.8. The summed E-state index contributed by atoms with van der Waals surface area (Å²) < 4.78 is 5.49. The van der Waals surface area contributed by atoms with Gasteiger partial charge in [-0.3, -0.25) is 4.79 Å². The molecule has 1 heterocycles. The Balaban J connectivity index is 2.48. The van der Waals surface area contributed by atoms with Gasteiger partial charge in [0.15, 0.2) is 0 Å². The highest BCUT2D eigenvalue weighted by molar-refractivity contribution is 8.00. The fourth-order valence-corrected chi connectivity index (χ4v) is 3.60. The van der Waals surface area contributed by atoms with E-state index < -0.39 is 0 Å². The van der Waals surface area contributed by atoms with Gasteiger partial charge >= 0.3 is 5.97 Å². The van der Waals surface area contributed by atoms with Crippen molar-refractivity contribution in [3.63, 3.8) is 0 Å². The van der Waals surface area contributed by atoms with Gasteiger partial charge in [0, 0.05) is 22.0 Å². The summed E-state index contributed by atoms with van der Waals surface area (Å²) in [6.07, 6.45) is 4.61. The van der Waals surface area contributed by atoms with Crippen molar-refractivity contribution in [1.82, 2.24) is 0 Å². The van der Waals surface area contributed by atoms with Gasteiger partial charge in [0.05, 0.1) is 5.92 Å². The Hall–Kier alpha value is -0.350. The first kappa shape index (κ1) is 15.7. The Morgan fingerprint density at radius 2 is 2.06 bits per heavy atom. The molecule has 1 aliphatic rings. The molecular weight excluding hydrogens is 264 g/mol. The van der Waals surface area contributed by atoms with Crippen LogP contribution >= 0.6 is 23.5 Å². The second-order valence-corrected chi connectivity index (χ2v) is 7.64. The number of hydrogen-bond donors (Lipinski definition) is 0. The average molecular weight is 286 g/mol. The zero-order valence-corrected chi connectivity index (χ0v) is 12.8. The molecule has 102 valence electrons. The molecule has 0 aromatic rings. The van der Waals surface area contributed by atoms with E-state index in [0.29, 0.717) is 0 Å². The second-order valence-electron chi connectivity index (χ2n) is 4.89. The summed E-state index contributed by atoms with van der Waals surface area (Å²) in [7, 11) is 0. The van der Waals surface area contributed by atoms with Crippen molar-refractivity contribution < 1.29 is 9.53 Å². The van der Waals surface area contributed by atoms with E-state index in [1.807, 2.05) is 12.2 Å². The van der Waals surface area contributed by atoms with Crippen LogP contribution in [0.25, 0.3) is 0 Å². The van der Waals surface area contributed by atoms with Crippen LogP contribution in [0.1, 0.15) is 20.3 Å². The smallest absolute Gasteiger partial charge is 0.310 e. The number of cyclic esters (lactones) is 1. The summed E-state index contributed by atoms with van der Waals surface area (Å²) in [5.41, 5.74) is 0. The topological polar surface area (TPSA) is 26.3 Å². The second kappa shape index (κ2) is 7.29. The molecule has 0 saturated carbocycles. The number of rotatable bonds is 8. The largest absolute Gasteiger partial charge is 0.461 e. The molecule has 18 heavy (non-hydrogen) atoms. The summed E-state index contributed by atoms with van der Waals surface area (Å²) in [6.45, 7) is 11.7. The fourth-order valence-electron chi connectivity index (χ4n) is 1.86. The molecule has 0 radical (unpaired) electrons. The van der Waals surface area contributed by atoms with Crippen molar-refractivity contribution >= 4 is 29.5 Å². The minimum absolute atomic E-state index is 0.0179. The number of carbonyl (C=O) groups excluding carboxylic acids is 1. The third-order valence-electron chi connectivity index (χ3n) is 2.99. The van der Waals surface area contributed by atoms with Crippen LogP contribution in [0.3, 0.4) is 0 Å². The van der Waals surface area contributed by atoms with E-state index in [0.717, 1.165) is 23.7 Å². The lowest BCUT2D eigenvalue weighted by atomic mass is 9.99. The van der Waals surface area contributed by atoms with E-state index in [2.05, 4.69) is 27.0 Å². The summed E-state index contributed by atoms with van der Waals surface area (Å²) in [5, 5.41) is 0. The first-order valence-electron chi connectivity index (χ1n) is 6.15. The molecule has 2 unspecified atom stereocenters. The Morgan fingerprint density at radius 1 is 1.39 bits per heavy atom. The van der Waals surface area contributed by atoms with Crippen LogP contribution in [0.4, 0.5) is 0 Å². The highest BCUT2D eigenvalue weighted by Crippen LogP contribution is 2.38. The molecule has 0 N–H and O–H groups in total. The van der Waals surface area contributed by atoms with E-state index in [-0.39, 0.29) is 22.7 Å². The van der Waals surface area contributed by atoms with Gasteiger partial charge in [-0.05, 0) is 20.3 Å². The van der Waals surface area contributed by atoms with Crippen molar-refractivity contribution in [3.8, 4) is 0 Å². The average Bonchev–Trinajstić information content (AvgIpc) is 2.70. The van der Waals surface area contributed by atoms with Gasteiger partial charge in [0.1, 0.15) is 6.10 Å². The molecule has 1 saturated heterocycles. The Kier molecular flexibility index (Phi) is 6.36. The van der Waals surface area contributed by atoms with Gasteiger partial charge in [-0.1, -0.05) is 12.2 Å². The van der Waals surface area contributed by atoms with Gasteiger partial charge in [-0.2, -0.15) is 11.8 Å². The van der Waals surface area contributed by atoms with Crippen LogP contribution in [0.5, 0.6) is 0 Å². The third kappa shape index (κ3) is 4.39. The van der Waals surface area contributed by atoms with Crippen LogP contribution in [0, 0.1) is 5.92 Å². The van der Waals surface area contributed by atoms with Crippen LogP contribution in [-0.4, -0.2) is 34.1 Å². The van der Waals surface area contributed by atoms with Crippen molar-refractivity contribution in [3.05, 3.63) is 25.3 Å². The first-order chi connectivity index (χ1) is 8.51. The van der Waals surface area contributed by atoms with Crippen LogP contribution in [-0.2, 0) is 9.53 Å². The molecule has 1 fully saturated rings. The van der Waals surface area contributed by atoms with Gasteiger partial charge in [0.25, 0.3) is 0 Å². The summed E-state index contributed by atoms with van der Waals surface area (Å²) in [6, 6.07) is 0. The van der Waals surface area contributed by atoms with Crippen LogP contribution in [0.15, 0.2) is 25.3 Å². The Morgan fingerprint density at radius 3 is 2.67 bits per heavy atom. The zero-order valence-electron chi connectivity index (χ0n) is 11.2. The lowest BCUT2D eigenvalue weighted by molar-refractivity contribution is -0.144. The molecule has 0 bridgehead atoms. The molecule has 1 rings (SSSR count). The Bertz CT molecular complexity index is 313. The summed E-state index contributed by atoms with van der Waals surface area (Å²) >= 11 is 3.53. The highest BCUT2D eigenvalue weighted by Gasteiger charge is 2.42. The van der Waals surface area contributed by atoms with Crippen LogP contribution < -0.4 is 0 Å². The third-order valence-corrected chi connectivity index (χ3v) is 5.51. The van der Waals surface area contributed by atoms with Gasteiger partial charge in [-0.15, -0.1) is 24.9 Å². The highest BCUT2D eigenvalue weighted by atomic mass is 32.2. The van der Waals surface area contributed by atoms with Crippen molar-refractivity contribution in [1.29, 1.82) is 0 Å². The van der Waals surface area contributed by atoms with E-state index in [1.54, 1.807) is 23.5 Å². The Labute approximate surface area is 119 Å². The maximum absolute atomic E-state index is 11.8. The van der Waals surface area contributed by atoms with Gasteiger partial charge < -0.3 is 4.74 Å². The molecule has 1 aliphatic heterocycles. The van der Waals surface area contributed by atoms with Crippen molar-refractivity contribution in [2.75, 3.05) is 17.3 Å². The molecule has 0 aromatic carbocycles. The summed E-state index contributed by atoms with van der Waals surface area (Å²) in [4.78, 5) is 11.8. The lowest BCUT2D eigenvalue weighted by Gasteiger charge is -2.29. The number of thioether (sulfide) groups is 2.